The topological polar surface area (TPSA) is 128 Å². The standard InChI is InChI=1S/C18H18FN3O6S/c1-10(18(25)21-12-5-6-13(19)15(8-12)22(26)27)28-17(24)9-14(20-11(2)23)16-4-3-7-29-16/h3-8,10,14H,9H2,1-2H3,(H,20,23)(H,21,25). The molecule has 2 aromatic rings. The molecule has 2 amide bonds. The third-order valence-corrected chi connectivity index (χ3v) is 4.71. The molecule has 11 heteroatoms. The fourth-order valence-electron chi connectivity index (χ4n) is 2.40. The lowest BCUT2D eigenvalue weighted by Gasteiger charge is -2.18. The van der Waals surface area contributed by atoms with E-state index in [1.165, 1.54) is 25.2 Å². The van der Waals surface area contributed by atoms with Crippen LogP contribution in [0.5, 0.6) is 0 Å². The molecular formula is C18H18FN3O6S. The molecule has 0 aliphatic carbocycles. The first-order valence-corrected chi connectivity index (χ1v) is 9.30. The predicted molar refractivity (Wildman–Crippen MR) is 103 cm³/mol. The maximum Gasteiger partial charge on any atom is 0.309 e. The van der Waals surface area contributed by atoms with Gasteiger partial charge in [-0.1, -0.05) is 6.07 Å². The number of nitrogens with one attached hydrogen (secondary N) is 2. The van der Waals surface area contributed by atoms with E-state index in [1.54, 1.807) is 17.5 Å². The van der Waals surface area contributed by atoms with E-state index in [0.29, 0.717) is 0 Å². The van der Waals surface area contributed by atoms with Gasteiger partial charge in [-0.15, -0.1) is 11.3 Å². The highest BCUT2D eigenvalue weighted by Crippen LogP contribution is 2.24. The highest BCUT2D eigenvalue weighted by molar-refractivity contribution is 7.10. The summed E-state index contributed by atoms with van der Waals surface area (Å²) in [6, 6.07) is 5.82. The van der Waals surface area contributed by atoms with Crippen LogP contribution >= 0.6 is 11.3 Å². The molecule has 9 nitrogen and oxygen atoms in total. The average molecular weight is 423 g/mol. The molecule has 0 saturated heterocycles. The molecule has 2 unspecified atom stereocenters. The third kappa shape index (κ3) is 6.35. The maximum atomic E-state index is 13.4. The summed E-state index contributed by atoms with van der Waals surface area (Å²) in [6.07, 6.45) is -1.40. The average Bonchev–Trinajstić information content (AvgIpc) is 3.16. The van der Waals surface area contributed by atoms with Crippen molar-refractivity contribution < 1.29 is 28.4 Å². The van der Waals surface area contributed by atoms with Gasteiger partial charge in [0, 0.05) is 23.6 Å². The molecule has 1 aromatic heterocycles. The first-order valence-electron chi connectivity index (χ1n) is 8.42. The molecule has 2 atom stereocenters. The van der Waals surface area contributed by atoms with Gasteiger partial charge in [-0.25, -0.2) is 0 Å². The molecule has 0 aliphatic heterocycles. The van der Waals surface area contributed by atoms with Crippen molar-refractivity contribution in [1.82, 2.24) is 5.32 Å². The summed E-state index contributed by atoms with van der Waals surface area (Å²) in [7, 11) is 0. The maximum absolute atomic E-state index is 13.4. The second kappa shape index (κ2) is 9.73. The second-order valence-electron chi connectivity index (χ2n) is 6.02. The predicted octanol–water partition coefficient (Wildman–Crippen LogP) is 2.93. The van der Waals surface area contributed by atoms with Crippen molar-refractivity contribution in [1.29, 1.82) is 0 Å². The SMILES string of the molecule is CC(=O)NC(CC(=O)OC(C)C(=O)Nc1ccc(F)c([N+](=O)[O-])c1)c1cccs1. The third-order valence-electron chi connectivity index (χ3n) is 3.72. The zero-order valence-electron chi connectivity index (χ0n) is 15.5. The zero-order valence-corrected chi connectivity index (χ0v) is 16.3. The summed E-state index contributed by atoms with van der Waals surface area (Å²) in [6.45, 7) is 2.65. The zero-order chi connectivity index (χ0) is 21.6. The lowest BCUT2D eigenvalue weighted by molar-refractivity contribution is -0.387. The molecule has 0 spiro atoms. The number of thiophene rings is 1. The molecule has 0 saturated carbocycles. The Labute approximate surface area is 169 Å². The van der Waals surface area contributed by atoms with Crippen LogP contribution in [0, 0.1) is 15.9 Å². The Morgan fingerprint density at radius 2 is 2.03 bits per heavy atom. The van der Waals surface area contributed by atoms with E-state index >= 15 is 0 Å². The number of ether oxygens (including phenoxy) is 1. The van der Waals surface area contributed by atoms with Crippen molar-refractivity contribution in [3.63, 3.8) is 0 Å². The Bertz CT molecular complexity index is 918. The molecule has 1 heterocycles. The monoisotopic (exact) mass is 423 g/mol. The number of nitrogens with zero attached hydrogens (tertiary/aromatic N) is 1. The minimum atomic E-state index is -1.21. The summed E-state index contributed by atoms with van der Waals surface area (Å²) in [5.74, 6) is -2.82. The number of esters is 1. The van der Waals surface area contributed by atoms with E-state index in [1.807, 2.05) is 0 Å². The van der Waals surface area contributed by atoms with Crippen LogP contribution in [0.2, 0.25) is 0 Å². The van der Waals surface area contributed by atoms with Gasteiger partial charge in [-0.2, -0.15) is 4.39 Å². The van der Waals surface area contributed by atoms with Crippen molar-refractivity contribution in [2.45, 2.75) is 32.4 Å². The minimum absolute atomic E-state index is 0.0132. The van der Waals surface area contributed by atoms with E-state index < -0.39 is 40.5 Å². The van der Waals surface area contributed by atoms with Crippen LogP contribution in [-0.4, -0.2) is 28.8 Å². The summed E-state index contributed by atoms with van der Waals surface area (Å²) < 4.78 is 18.5. The molecule has 0 fully saturated rings. The fraction of sp³-hybridized carbons (Fsp3) is 0.278. The number of amides is 2. The highest BCUT2D eigenvalue weighted by Gasteiger charge is 2.24. The van der Waals surface area contributed by atoms with Crippen LogP contribution in [0.3, 0.4) is 0 Å². The molecule has 0 bridgehead atoms. The number of hydrogen-bond acceptors (Lipinski definition) is 7. The molecule has 154 valence electrons. The van der Waals surface area contributed by atoms with Crippen LogP contribution in [0.1, 0.15) is 31.2 Å². The Hall–Kier alpha value is -3.34. The molecule has 2 rings (SSSR count). The summed E-state index contributed by atoms with van der Waals surface area (Å²) in [5.41, 5.74) is -0.803. The van der Waals surface area contributed by atoms with Gasteiger partial charge < -0.3 is 15.4 Å². The van der Waals surface area contributed by atoms with E-state index in [2.05, 4.69) is 10.6 Å². The molecule has 0 aliphatic rings. The number of benzene rings is 1. The van der Waals surface area contributed by atoms with Gasteiger partial charge in [-0.3, -0.25) is 24.5 Å². The van der Waals surface area contributed by atoms with Crippen LogP contribution < -0.4 is 10.6 Å². The fourth-order valence-corrected chi connectivity index (χ4v) is 3.18. The van der Waals surface area contributed by atoms with Crippen LogP contribution in [0.25, 0.3) is 0 Å². The Balaban J connectivity index is 1.97. The van der Waals surface area contributed by atoms with E-state index in [0.717, 1.165) is 23.1 Å². The normalized spacial score (nSPS) is 12.5. The number of hydrogen-bond donors (Lipinski definition) is 2. The van der Waals surface area contributed by atoms with E-state index in [-0.39, 0.29) is 18.0 Å². The number of nitro groups is 1. The molecule has 2 N–H and O–H groups in total. The number of rotatable bonds is 8. The van der Waals surface area contributed by atoms with Crippen molar-refractivity contribution >= 4 is 40.5 Å². The lowest BCUT2D eigenvalue weighted by Crippen LogP contribution is -2.32. The number of halogens is 1. The van der Waals surface area contributed by atoms with E-state index in [4.69, 9.17) is 4.74 Å². The number of carbonyl (C=O) groups is 3. The Morgan fingerprint density at radius 3 is 2.62 bits per heavy atom. The van der Waals surface area contributed by atoms with Gasteiger partial charge in [0.25, 0.3) is 5.91 Å². The highest BCUT2D eigenvalue weighted by atomic mass is 32.1. The number of anilines is 1. The first-order chi connectivity index (χ1) is 13.7. The summed E-state index contributed by atoms with van der Waals surface area (Å²) >= 11 is 1.36. The van der Waals surface area contributed by atoms with Gasteiger partial charge >= 0.3 is 11.7 Å². The van der Waals surface area contributed by atoms with Crippen molar-refractivity contribution in [2.24, 2.45) is 0 Å². The Kier molecular flexibility index (Phi) is 7.37. The first kappa shape index (κ1) is 22.0. The van der Waals surface area contributed by atoms with Gasteiger partial charge in [0.05, 0.1) is 17.4 Å². The van der Waals surface area contributed by atoms with Gasteiger partial charge in [0.2, 0.25) is 11.7 Å². The van der Waals surface area contributed by atoms with E-state index in [9.17, 15) is 28.9 Å². The lowest BCUT2D eigenvalue weighted by atomic mass is 10.1. The largest absolute Gasteiger partial charge is 0.452 e. The minimum Gasteiger partial charge on any atom is -0.452 e. The van der Waals surface area contributed by atoms with Gasteiger partial charge in [-0.05, 0) is 30.5 Å². The molecule has 29 heavy (non-hydrogen) atoms. The number of nitro benzene ring substituents is 1. The summed E-state index contributed by atoms with van der Waals surface area (Å²) in [5, 5.41) is 17.5. The van der Waals surface area contributed by atoms with Crippen molar-refractivity contribution in [3.8, 4) is 0 Å². The molecule has 1 aromatic carbocycles. The van der Waals surface area contributed by atoms with Crippen LogP contribution in [-0.2, 0) is 19.1 Å². The Morgan fingerprint density at radius 1 is 1.31 bits per heavy atom. The van der Waals surface area contributed by atoms with Gasteiger partial charge in [0.1, 0.15) is 0 Å². The molecule has 0 radical (unpaired) electrons. The molecular weight excluding hydrogens is 405 g/mol. The number of carbonyl (C=O) groups excluding carboxylic acids is 3. The van der Waals surface area contributed by atoms with Crippen LogP contribution in [0.15, 0.2) is 35.7 Å². The van der Waals surface area contributed by atoms with Crippen molar-refractivity contribution in [3.05, 3.63) is 56.5 Å². The van der Waals surface area contributed by atoms with Gasteiger partial charge in [0.15, 0.2) is 6.10 Å². The second-order valence-corrected chi connectivity index (χ2v) is 7.00. The quantitative estimate of drug-likeness (QED) is 0.382. The van der Waals surface area contributed by atoms with Crippen LogP contribution in [0.4, 0.5) is 15.8 Å². The summed E-state index contributed by atoms with van der Waals surface area (Å²) in [4.78, 5) is 46.4. The smallest absolute Gasteiger partial charge is 0.309 e. The van der Waals surface area contributed by atoms with Crippen molar-refractivity contribution in [2.75, 3.05) is 5.32 Å².